The van der Waals surface area contributed by atoms with Crippen molar-refractivity contribution in [2.75, 3.05) is 13.7 Å². The predicted octanol–water partition coefficient (Wildman–Crippen LogP) is 4.94. The number of rotatable bonds is 14. The third-order valence-corrected chi connectivity index (χ3v) is 7.78. The van der Waals surface area contributed by atoms with E-state index in [1.54, 1.807) is 39.0 Å². The number of Topliss-reactive ketones (excluding diaryl/α,β-unsaturated/α-hetero) is 1. The largest absolute Gasteiger partial charge is 0.496 e. The van der Waals surface area contributed by atoms with Gasteiger partial charge in [-0.3, -0.25) is 19.2 Å². The van der Waals surface area contributed by atoms with Gasteiger partial charge in [-0.05, 0) is 65.1 Å². The lowest BCUT2D eigenvalue weighted by molar-refractivity contribution is -0.141. The average Bonchev–Trinajstić information content (AvgIpc) is 3.43. The first-order valence-electron chi connectivity index (χ1n) is 15.9. The number of aromatic nitrogens is 2. The van der Waals surface area contributed by atoms with Gasteiger partial charge in [0.05, 0.1) is 20.0 Å². The van der Waals surface area contributed by atoms with E-state index in [0.29, 0.717) is 28.5 Å². The highest BCUT2D eigenvalue weighted by molar-refractivity contribution is 5.95. The van der Waals surface area contributed by atoms with Gasteiger partial charge < -0.3 is 29.7 Å². The summed E-state index contributed by atoms with van der Waals surface area (Å²) in [4.78, 5) is 55.9. The number of carboxylic acids is 1. The molecule has 1 aromatic heterocycles. The number of ketones is 1. The summed E-state index contributed by atoms with van der Waals surface area (Å²) in [5.41, 5.74) is 2.80. The van der Waals surface area contributed by atoms with Gasteiger partial charge in [-0.1, -0.05) is 66.6 Å². The average molecular weight is 665 g/mol. The van der Waals surface area contributed by atoms with E-state index >= 15 is 0 Å². The molecule has 3 N–H and O–H groups in total. The number of ether oxygens (including phenoxy) is 2. The number of carbonyl (C=O) groups excluding carboxylic acids is 3. The summed E-state index contributed by atoms with van der Waals surface area (Å²) in [6.07, 6.45) is -0.794. The molecule has 0 saturated heterocycles. The summed E-state index contributed by atoms with van der Waals surface area (Å²) in [6.45, 7) is 17.2. The Labute approximate surface area is 282 Å². The van der Waals surface area contributed by atoms with E-state index in [2.05, 4.69) is 68.4 Å². The molecule has 0 aliphatic heterocycles. The molecule has 2 atom stereocenters. The Hall–Kier alpha value is -4.74. The summed E-state index contributed by atoms with van der Waals surface area (Å²) in [5, 5.41) is 18.6. The van der Waals surface area contributed by atoms with Crippen molar-refractivity contribution in [2.24, 2.45) is 5.92 Å². The van der Waals surface area contributed by atoms with Gasteiger partial charge in [0.2, 0.25) is 11.8 Å². The molecule has 0 aliphatic rings. The van der Waals surface area contributed by atoms with Crippen LogP contribution in [0.15, 0.2) is 40.9 Å². The van der Waals surface area contributed by atoms with Crippen LogP contribution >= 0.6 is 0 Å². The van der Waals surface area contributed by atoms with Gasteiger partial charge in [0.25, 0.3) is 5.89 Å². The maximum absolute atomic E-state index is 13.5. The van der Waals surface area contributed by atoms with E-state index in [4.69, 9.17) is 14.0 Å². The molecule has 0 fully saturated rings. The molecular formula is C36H48N4O8. The van der Waals surface area contributed by atoms with E-state index in [-0.39, 0.29) is 23.1 Å². The number of aliphatic carboxylic acids is 1. The van der Waals surface area contributed by atoms with Crippen molar-refractivity contribution < 1.29 is 38.3 Å². The Morgan fingerprint density at radius 2 is 1.56 bits per heavy atom. The number of hydrogen-bond acceptors (Lipinski definition) is 9. The van der Waals surface area contributed by atoms with Gasteiger partial charge in [0.1, 0.15) is 30.2 Å². The molecule has 3 rings (SSSR count). The molecule has 3 aromatic rings. The fourth-order valence-electron chi connectivity index (χ4n) is 4.88. The molecule has 12 heteroatoms. The third-order valence-electron chi connectivity index (χ3n) is 7.78. The summed E-state index contributed by atoms with van der Waals surface area (Å²) in [5.74, 6) is -1.79. The molecule has 1 heterocycles. The number of aryl methyl sites for hydroxylation is 1. The fraction of sp³-hybridized carbons (Fsp3) is 0.500. The lowest BCUT2D eigenvalue weighted by atomic mass is 9.80. The van der Waals surface area contributed by atoms with Crippen molar-refractivity contribution in [2.45, 2.75) is 98.1 Å². The van der Waals surface area contributed by atoms with Crippen molar-refractivity contribution in [3.8, 4) is 23.0 Å². The number of hydrogen-bond donors (Lipinski definition) is 3. The van der Waals surface area contributed by atoms with Crippen LogP contribution in [0.1, 0.15) is 84.3 Å². The van der Waals surface area contributed by atoms with Gasteiger partial charge in [0.15, 0.2) is 11.6 Å². The van der Waals surface area contributed by atoms with E-state index in [0.717, 1.165) is 11.1 Å². The summed E-state index contributed by atoms with van der Waals surface area (Å²) in [6, 6.07) is 8.51. The van der Waals surface area contributed by atoms with Gasteiger partial charge in [0, 0.05) is 11.1 Å². The third kappa shape index (κ3) is 10.4. The van der Waals surface area contributed by atoms with Crippen molar-refractivity contribution >= 4 is 23.6 Å². The molecule has 2 amide bonds. The van der Waals surface area contributed by atoms with E-state index in [1.807, 2.05) is 12.1 Å². The maximum Gasteiger partial charge on any atom is 0.305 e. The zero-order valence-electron chi connectivity index (χ0n) is 29.5. The minimum absolute atomic E-state index is 0.143. The Morgan fingerprint density at radius 1 is 0.938 bits per heavy atom. The topological polar surface area (TPSA) is 170 Å². The Balaban J connectivity index is 1.75. The zero-order chi connectivity index (χ0) is 36.0. The van der Waals surface area contributed by atoms with Gasteiger partial charge in [-0.25, -0.2) is 0 Å². The Kier molecular flexibility index (Phi) is 12.1. The number of nitrogens with zero attached hydrogens (tertiary/aromatic N) is 2. The quantitative estimate of drug-likeness (QED) is 0.215. The van der Waals surface area contributed by atoms with Crippen LogP contribution in [0.25, 0.3) is 11.5 Å². The Bertz CT molecular complexity index is 1600. The highest BCUT2D eigenvalue weighted by atomic mass is 16.5. The normalized spacial score (nSPS) is 13.1. The van der Waals surface area contributed by atoms with Crippen LogP contribution in [0.5, 0.6) is 11.5 Å². The fourth-order valence-corrected chi connectivity index (χ4v) is 4.88. The van der Waals surface area contributed by atoms with Crippen LogP contribution < -0.4 is 20.1 Å². The van der Waals surface area contributed by atoms with Gasteiger partial charge in [-0.15, -0.1) is 0 Å². The molecule has 48 heavy (non-hydrogen) atoms. The van der Waals surface area contributed by atoms with E-state index in [9.17, 15) is 24.3 Å². The van der Waals surface area contributed by atoms with Gasteiger partial charge >= 0.3 is 5.97 Å². The molecule has 0 radical (unpaired) electrons. The second-order valence-electron chi connectivity index (χ2n) is 14.3. The minimum atomic E-state index is -1.38. The van der Waals surface area contributed by atoms with Crippen molar-refractivity contribution in [3.63, 3.8) is 0 Å². The van der Waals surface area contributed by atoms with Crippen molar-refractivity contribution in [1.82, 2.24) is 20.8 Å². The van der Waals surface area contributed by atoms with Crippen LogP contribution in [-0.4, -0.2) is 64.6 Å². The number of carboxylic acid groups (broad SMARTS) is 1. The predicted molar refractivity (Wildman–Crippen MR) is 180 cm³/mol. The molecule has 260 valence electrons. The highest BCUT2D eigenvalue weighted by Gasteiger charge is 2.31. The van der Waals surface area contributed by atoms with Crippen LogP contribution in [0.3, 0.4) is 0 Å². The second-order valence-corrected chi connectivity index (χ2v) is 14.3. The molecule has 0 bridgehead atoms. The van der Waals surface area contributed by atoms with Crippen LogP contribution in [0.4, 0.5) is 0 Å². The van der Waals surface area contributed by atoms with Crippen LogP contribution in [0.2, 0.25) is 0 Å². The lowest BCUT2D eigenvalue weighted by Gasteiger charge is -2.26. The number of methoxy groups -OCH3 is 1. The molecular weight excluding hydrogens is 616 g/mol. The zero-order valence-corrected chi connectivity index (χ0v) is 29.5. The molecule has 0 unspecified atom stereocenters. The lowest BCUT2D eigenvalue weighted by Crippen LogP contribution is -2.54. The first-order chi connectivity index (χ1) is 22.3. The first-order valence-corrected chi connectivity index (χ1v) is 15.9. The second kappa shape index (κ2) is 15.4. The van der Waals surface area contributed by atoms with Crippen LogP contribution in [-0.2, 0) is 36.4 Å². The molecule has 0 saturated carbocycles. The van der Waals surface area contributed by atoms with Crippen molar-refractivity contribution in [1.29, 1.82) is 0 Å². The number of carbonyl (C=O) groups is 4. The summed E-state index contributed by atoms with van der Waals surface area (Å²) < 4.78 is 16.6. The maximum atomic E-state index is 13.5. The van der Waals surface area contributed by atoms with Crippen LogP contribution in [0, 0.1) is 12.8 Å². The minimum Gasteiger partial charge on any atom is -0.496 e. The monoisotopic (exact) mass is 664 g/mol. The van der Waals surface area contributed by atoms with Crippen molar-refractivity contribution in [3.05, 3.63) is 58.9 Å². The summed E-state index contributed by atoms with van der Waals surface area (Å²) >= 11 is 0. The Morgan fingerprint density at radius 3 is 2.06 bits per heavy atom. The first kappa shape index (κ1) is 37.7. The standard InChI is InChI=1S/C36H48N4O8/c1-20(2)32(39-30(42)14-23-13-22(11-12-29(23)46-10)34-37-21(3)40-48-34)33(45)38-27(18-31(43)44)28(41)19-47-26-16-24(35(4,5)6)15-25(17-26)36(7,8)9/h11-13,15-17,20,27,32H,14,18-19H2,1-10H3,(H,38,45)(H,39,42)(H,43,44)/t27-,32-/m0/s1. The summed E-state index contributed by atoms with van der Waals surface area (Å²) in [7, 11) is 1.48. The number of amides is 2. The number of benzene rings is 2. The highest BCUT2D eigenvalue weighted by Crippen LogP contribution is 2.33. The van der Waals surface area contributed by atoms with Gasteiger partial charge in [-0.2, -0.15) is 4.98 Å². The molecule has 12 nitrogen and oxygen atoms in total. The van der Waals surface area contributed by atoms with E-state index in [1.165, 1.54) is 7.11 Å². The molecule has 0 aliphatic carbocycles. The number of nitrogens with one attached hydrogen (secondary N) is 2. The molecule has 0 spiro atoms. The molecule has 2 aromatic carbocycles. The SMILES string of the molecule is COc1ccc(-c2nc(C)no2)cc1CC(=O)N[C@H](C(=O)N[C@@H](CC(=O)O)C(=O)COc1cc(C(C)(C)C)cc(C(C)(C)C)c1)C(C)C. The van der Waals surface area contributed by atoms with E-state index < -0.39 is 54.6 Å². The smallest absolute Gasteiger partial charge is 0.305 e.